The molecular weight excluding hydrogens is 232 g/mol. The standard InChI is InChI=1S/C12H18N4S/c1-4-5-10-11(17-12(13)14-10)6-9-7-16(3)15-8(9)2/h7H,4-6H2,1-3H3,(H2,13,14). The Hall–Kier alpha value is -1.36. The fourth-order valence-electron chi connectivity index (χ4n) is 1.97. The topological polar surface area (TPSA) is 56.7 Å². The summed E-state index contributed by atoms with van der Waals surface area (Å²) in [5, 5.41) is 5.03. The molecule has 2 aromatic heterocycles. The minimum atomic E-state index is 0.671. The van der Waals surface area contributed by atoms with Gasteiger partial charge < -0.3 is 5.73 Å². The predicted octanol–water partition coefficient (Wildman–Crippen LogP) is 2.31. The molecule has 5 heteroatoms. The second-order valence-corrected chi connectivity index (χ2v) is 5.38. The SMILES string of the molecule is CCCc1nc(N)sc1Cc1cn(C)nc1C. The highest BCUT2D eigenvalue weighted by atomic mass is 32.1. The average Bonchev–Trinajstić information content (AvgIpc) is 2.73. The Bertz CT molecular complexity index is 513. The van der Waals surface area contributed by atoms with E-state index in [1.807, 2.05) is 18.7 Å². The summed E-state index contributed by atoms with van der Waals surface area (Å²) >= 11 is 1.60. The van der Waals surface area contributed by atoms with Gasteiger partial charge in [-0.2, -0.15) is 5.10 Å². The molecule has 2 heterocycles. The molecule has 4 nitrogen and oxygen atoms in total. The van der Waals surface area contributed by atoms with Crippen molar-refractivity contribution in [3.63, 3.8) is 0 Å². The monoisotopic (exact) mass is 250 g/mol. The van der Waals surface area contributed by atoms with Crippen LogP contribution in [0.15, 0.2) is 6.20 Å². The summed E-state index contributed by atoms with van der Waals surface area (Å²) in [4.78, 5) is 5.68. The second-order valence-electron chi connectivity index (χ2n) is 4.26. The lowest BCUT2D eigenvalue weighted by Gasteiger charge is -1.99. The first-order valence-corrected chi connectivity index (χ1v) is 6.65. The van der Waals surface area contributed by atoms with Crippen molar-refractivity contribution in [2.75, 3.05) is 5.73 Å². The Kier molecular flexibility index (Phi) is 3.47. The van der Waals surface area contributed by atoms with E-state index in [4.69, 9.17) is 5.73 Å². The van der Waals surface area contributed by atoms with E-state index in [0.717, 1.165) is 30.7 Å². The van der Waals surface area contributed by atoms with E-state index in [-0.39, 0.29) is 0 Å². The Morgan fingerprint density at radius 2 is 2.24 bits per heavy atom. The lowest BCUT2D eigenvalue weighted by Crippen LogP contribution is -1.93. The van der Waals surface area contributed by atoms with Crippen molar-refractivity contribution in [1.29, 1.82) is 0 Å². The molecule has 0 atom stereocenters. The zero-order valence-corrected chi connectivity index (χ0v) is 11.3. The van der Waals surface area contributed by atoms with E-state index in [9.17, 15) is 0 Å². The summed E-state index contributed by atoms with van der Waals surface area (Å²) in [6.07, 6.45) is 5.06. The third-order valence-electron chi connectivity index (χ3n) is 2.75. The van der Waals surface area contributed by atoms with Gasteiger partial charge in [0.1, 0.15) is 0 Å². The van der Waals surface area contributed by atoms with Crippen LogP contribution in [0, 0.1) is 6.92 Å². The number of aryl methyl sites for hydroxylation is 3. The highest BCUT2D eigenvalue weighted by Gasteiger charge is 2.12. The highest BCUT2D eigenvalue weighted by Crippen LogP contribution is 2.25. The van der Waals surface area contributed by atoms with E-state index >= 15 is 0 Å². The van der Waals surface area contributed by atoms with Crippen LogP contribution in [0.25, 0.3) is 0 Å². The van der Waals surface area contributed by atoms with Crippen molar-refractivity contribution in [2.24, 2.45) is 7.05 Å². The van der Waals surface area contributed by atoms with Crippen LogP contribution in [0.1, 0.15) is 35.2 Å². The van der Waals surface area contributed by atoms with E-state index < -0.39 is 0 Å². The van der Waals surface area contributed by atoms with Crippen molar-refractivity contribution in [1.82, 2.24) is 14.8 Å². The van der Waals surface area contributed by atoms with Crippen LogP contribution in [0.2, 0.25) is 0 Å². The zero-order valence-electron chi connectivity index (χ0n) is 10.5. The Morgan fingerprint density at radius 3 is 2.82 bits per heavy atom. The Morgan fingerprint density at radius 1 is 1.47 bits per heavy atom. The van der Waals surface area contributed by atoms with E-state index in [2.05, 4.69) is 23.2 Å². The first kappa shape index (κ1) is 12.1. The molecular formula is C12H18N4S. The lowest BCUT2D eigenvalue weighted by molar-refractivity contribution is 0.756. The van der Waals surface area contributed by atoms with Crippen molar-refractivity contribution in [2.45, 2.75) is 33.1 Å². The van der Waals surface area contributed by atoms with Crippen LogP contribution in [0.3, 0.4) is 0 Å². The molecule has 2 N–H and O–H groups in total. The lowest BCUT2D eigenvalue weighted by atomic mass is 10.1. The van der Waals surface area contributed by atoms with Crippen LogP contribution in [0.5, 0.6) is 0 Å². The van der Waals surface area contributed by atoms with Crippen LogP contribution >= 0.6 is 11.3 Å². The molecule has 0 bridgehead atoms. The third-order valence-corrected chi connectivity index (χ3v) is 3.67. The highest BCUT2D eigenvalue weighted by molar-refractivity contribution is 7.15. The number of rotatable bonds is 4. The number of aromatic nitrogens is 3. The van der Waals surface area contributed by atoms with Gasteiger partial charge in [-0.1, -0.05) is 13.3 Å². The summed E-state index contributed by atoms with van der Waals surface area (Å²) < 4.78 is 1.86. The normalized spacial score (nSPS) is 11.0. The molecule has 0 unspecified atom stereocenters. The van der Waals surface area contributed by atoms with E-state index in [0.29, 0.717) is 5.13 Å². The van der Waals surface area contributed by atoms with Gasteiger partial charge >= 0.3 is 0 Å². The maximum atomic E-state index is 5.79. The maximum absolute atomic E-state index is 5.79. The molecule has 2 aromatic rings. The van der Waals surface area contributed by atoms with Crippen molar-refractivity contribution < 1.29 is 0 Å². The Balaban J connectivity index is 2.26. The molecule has 0 aromatic carbocycles. The largest absolute Gasteiger partial charge is 0.375 e. The second kappa shape index (κ2) is 4.87. The molecule has 0 aliphatic carbocycles. The summed E-state index contributed by atoms with van der Waals surface area (Å²) in [5.41, 5.74) is 9.29. The number of nitrogen functional groups attached to an aromatic ring is 1. The molecule has 17 heavy (non-hydrogen) atoms. The molecule has 0 amide bonds. The summed E-state index contributed by atoms with van der Waals surface area (Å²) in [6.45, 7) is 4.20. The zero-order chi connectivity index (χ0) is 12.4. The summed E-state index contributed by atoms with van der Waals surface area (Å²) in [6, 6.07) is 0. The minimum absolute atomic E-state index is 0.671. The van der Waals surface area contributed by atoms with Gasteiger partial charge in [0.25, 0.3) is 0 Å². The number of nitrogens with two attached hydrogens (primary N) is 1. The van der Waals surface area contributed by atoms with E-state index in [1.165, 1.54) is 10.4 Å². The average molecular weight is 250 g/mol. The Labute approximate surface area is 105 Å². The van der Waals surface area contributed by atoms with Gasteiger partial charge in [0, 0.05) is 24.5 Å². The molecule has 0 saturated carbocycles. The number of hydrogen-bond acceptors (Lipinski definition) is 4. The van der Waals surface area contributed by atoms with Gasteiger partial charge in [-0.25, -0.2) is 4.98 Å². The molecule has 92 valence electrons. The van der Waals surface area contributed by atoms with Gasteiger partial charge in [-0.05, 0) is 18.9 Å². The molecule has 0 radical (unpaired) electrons. The predicted molar refractivity (Wildman–Crippen MR) is 71.3 cm³/mol. The van der Waals surface area contributed by atoms with Crippen molar-refractivity contribution in [3.05, 3.63) is 28.0 Å². The molecule has 0 saturated heterocycles. The molecule has 0 fully saturated rings. The first-order valence-electron chi connectivity index (χ1n) is 5.83. The quantitative estimate of drug-likeness (QED) is 0.906. The van der Waals surface area contributed by atoms with Crippen LogP contribution in [0.4, 0.5) is 5.13 Å². The summed E-state index contributed by atoms with van der Waals surface area (Å²) in [5.74, 6) is 0. The molecule has 0 spiro atoms. The van der Waals surface area contributed by atoms with E-state index in [1.54, 1.807) is 11.3 Å². The minimum Gasteiger partial charge on any atom is -0.375 e. The smallest absolute Gasteiger partial charge is 0.180 e. The first-order chi connectivity index (χ1) is 8.10. The molecule has 0 aliphatic heterocycles. The van der Waals surface area contributed by atoms with Crippen molar-refractivity contribution in [3.8, 4) is 0 Å². The number of nitrogens with zero attached hydrogens (tertiary/aromatic N) is 3. The van der Waals surface area contributed by atoms with Crippen LogP contribution < -0.4 is 5.73 Å². The maximum Gasteiger partial charge on any atom is 0.180 e. The van der Waals surface area contributed by atoms with Gasteiger partial charge in [0.05, 0.1) is 11.4 Å². The van der Waals surface area contributed by atoms with Gasteiger partial charge in [-0.3, -0.25) is 4.68 Å². The number of hydrogen-bond donors (Lipinski definition) is 1. The molecule has 0 aliphatic rings. The summed E-state index contributed by atoms with van der Waals surface area (Å²) in [7, 11) is 1.95. The van der Waals surface area contributed by atoms with Crippen LogP contribution in [-0.2, 0) is 19.9 Å². The van der Waals surface area contributed by atoms with Gasteiger partial charge in [-0.15, -0.1) is 11.3 Å². The van der Waals surface area contributed by atoms with Crippen LogP contribution in [-0.4, -0.2) is 14.8 Å². The van der Waals surface area contributed by atoms with Gasteiger partial charge in [0.2, 0.25) is 0 Å². The fourth-order valence-corrected chi connectivity index (χ4v) is 2.87. The third kappa shape index (κ3) is 2.66. The number of thiazole rings is 1. The molecule has 2 rings (SSSR count). The fraction of sp³-hybridized carbons (Fsp3) is 0.500. The van der Waals surface area contributed by atoms with Gasteiger partial charge in [0.15, 0.2) is 5.13 Å². The van der Waals surface area contributed by atoms with Crippen molar-refractivity contribution >= 4 is 16.5 Å². The number of anilines is 1.